The number of hydrogen-bond donors (Lipinski definition) is 0. The first-order valence-electron chi connectivity index (χ1n) is 19.0. The Morgan fingerprint density at radius 2 is 0.932 bits per heavy atom. The van der Waals surface area contributed by atoms with E-state index in [1.54, 1.807) is 25.9 Å². The second-order valence-corrected chi connectivity index (χ2v) is 22.3. The van der Waals surface area contributed by atoms with Crippen LogP contribution in [0.3, 0.4) is 0 Å². The third-order valence-corrected chi connectivity index (χ3v) is 15.0. The third kappa shape index (κ3) is 21.0. The molecule has 15 radical (unpaired) electrons. The van der Waals surface area contributed by atoms with Crippen molar-refractivity contribution >= 4 is 33.7 Å². The number of halogens is 4. The molecular formula is C47H64BF4FeNO2P2Ru+3. The minimum absolute atomic E-state index is 0. The maximum atomic E-state index is 9.75. The normalized spacial score (nSPS) is 16.8. The summed E-state index contributed by atoms with van der Waals surface area (Å²) in [5.74, 6) is 6.21. The molecular weight excluding hydrogens is 916 g/mol. The molecule has 1 atom stereocenters. The molecule has 323 valence electrons. The van der Waals surface area contributed by atoms with Crippen LogP contribution in [0.15, 0.2) is 24.3 Å². The van der Waals surface area contributed by atoms with Crippen molar-refractivity contribution in [2.45, 2.75) is 113 Å². The van der Waals surface area contributed by atoms with Crippen molar-refractivity contribution in [1.82, 2.24) is 0 Å². The Kier molecular flexibility index (Phi) is 28.9. The fraction of sp³-hybridized carbons (Fsp3) is 0.404. The zero-order valence-corrected chi connectivity index (χ0v) is 42.3. The molecule has 3 aliphatic carbocycles. The number of nitriles is 1. The average Bonchev–Trinajstić information content (AvgIpc) is 3.85. The van der Waals surface area contributed by atoms with Crippen LogP contribution in [-0.2, 0) is 36.5 Å². The first-order chi connectivity index (χ1) is 26.3. The van der Waals surface area contributed by atoms with E-state index in [1.165, 1.54) is 57.5 Å². The van der Waals surface area contributed by atoms with Crippen LogP contribution >= 0.6 is 15.8 Å². The molecule has 0 amide bonds. The van der Waals surface area contributed by atoms with E-state index in [4.69, 9.17) is 14.7 Å². The van der Waals surface area contributed by atoms with Crippen molar-refractivity contribution in [3.63, 3.8) is 0 Å². The van der Waals surface area contributed by atoms with Crippen LogP contribution in [0, 0.1) is 133 Å². The van der Waals surface area contributed by atoms with Crippen molar-refractivity contribution in [1.29, 1.82) is 5.26 Å². The molecule has 0 bridgehead atoms. The summed E-state index contributed by atoms with van der Waals surface area (Å²) in [6, 6.07) is 11.2. The monoisotopic (exact) mass is 981 g/mol. The van der Waals surface area contributed by atoms with Gasteiger partial charge in [-0.3, -0.25) is 0 Å². The molecule has 59 heavy (non-hydrogen) atoms. The van der Waals surface area contributed by atoms with Gasteiger partial charge in [-0.05, 0) is 197 Å². The summed E-state index contributed by atoms with van der Waals surface area (Å²) in [5, 5.41) is 10.6. The van der Waals surface area contributed by atoms with Crippen LogP contribution in [0.25, 0.3) is 0 Å². The summed E-state index contributed by atoms with van der Waals surface area (Å²) in [5.41, 5.74) is 6.75. The Labute approximate surface area is 385 Å². The standard InChI is InChI=1S/C33H47O2P2.C7H9.C5H5.C2H3N.BF4.Fe.Ru/c1-21-17-26(18-22(2)30(21)34-12)36(27-19-23(3)31(35-13)24(4)20-27)25(5)28-15-14-16-29(28)37(32(6,7)8)33(9,10)11;1-6-3-4-7(2)5-6;1-2-4-5-3-1;1-2-3;2-1(3,4)5;;/h14-20,25H,1-13H3;3-5H,1-2H3;1-5H;1H3;;;/q;;;;-1;2*+2/t25-;;;;;;/m1....../s1. The number of benzene rings is 2. The first-order valence-corrected chi connectivity index (χ1v) is 21.8. The quantitative estimate of drug-likeness (QED) is 0.158. The van der Waals surface area contributed by atoms with Gasteiger partial charge in [-0.2, -0.15) is 5.26 Å². The largest absolute Gasteiger partial charge is 2.00 e. The summed E-state index contributed by atoms with van der Waals surface area (Å²) in [7, 11) is -3.52. The second-order valence-electron chi connectivity index (χ2n) is 16.0. The minimum atomic E-state index is -6.00. The van der Waals surface area contributed by atoms with Gasteiger partial charge in [0.25, 0.3) is 0 Å². The van der Waals surface area contributed by atoms with Crippen LogP contribution in [0.5, 0.6) is 11.5 Å². The zero-order chi connectivity index (χ0) is 43.9. The van der Waals surface area contributed by atoms with Gasteiger partial charge in [-0.15, -0.1) is 0 Å². The second kappa shape index (κ2) is 28.2. The van der Waals surface area contributed by atoms with Crippen molar-refractivity contribution in [3.8, 4) is 17.6 Å². The smallest absolute Gasteiger partial charge is 0.496 e. The predicted octanol–water partition coefficient (Wildman–Crippen LogP) is 13.2. The van der Waals surface area contributed by atoms with Gasteiger partial charge in [0.1, 0.15) is 11.5 Å². The molecule has 3 nitrogen and oxygen atoms in total. The van der Waals surface area contributed by atoms with Gasteiger partial charge in [0.15, 0.2) is 0 Å². The average molecular weight is 981 g/mol. The van der Waals surface area contributed by atoms with E-state index in [1.807, 2.05) is 32.1 Å². The predicted molar refractivity (Wildman–Crippen MR) is 240 cm³/mol. The molecule has 2 aromatic rings. The van der Waals surface area contributed by atoms with E-state index in [0.29, 0.717) is 5.66 Å². The van der Waals surface area contributed by atoms with Crippen molar-refractivity contribution in [3.05, 3.63) is 141 Å². The number of ether oxygens (including phenoxy) is 2. The van der Waals surface area contributed by atoms with Gasteiger partial charge in [0.05, 0.1) is 20.3 Å². The van der Waals surface area contributed by atoms with Crippen molar-refractivity contribution in [2.24, 2.45) is 0 Å². The maximum absolute atomic E-state index is 9.75. The topological polar surface area (TPSA) is 42.2 Å². The zero-order valence-electron chi connectivity index (χ0n) is 37.7. The molecule has 0 saturated heterocycles. The molecule has 0 aliphatic heterocycles. The van der Waals surface area contributed by atoms with Gasteiger partial charge in [0, 0.05) is 12.6 Å². The molecule has 0 spiro atoms. The summed E-state index contributed by atoms with van der Waals surface area (Å²) >= 11 is 0. The maximum Gasteiger partial charge on any atom is 2.00 e. The Bertz CT molecular complexity index is 1400. The minimum Gasteiger partial charge on any atom is -0.496 e. The number of rotatable bonds is 7. The molecule has 0 N–H and O–H groups in total. The van der Waals surface area contributed by atoms with Gasteiger partial charge in [-0.1, -0.05) is 70.2 Å². The molecule has 5 rings (SSSR count). The molecule has 3 saturated carbocycles. The Morgan fingerprint density at radius 3 is 1.17 bits per heavy atom. The van der Waals surface area contributed by atoms with Crippen molar-refractivity contribution < 1.29 is 63.3 Å². The summed E-state index contributed by atoms with van der Waals surface area (Å²) in [6.07, 6.45) is 23.5. The van der Waals surface area contributed by atoms with Gasteiger partial charge in [0.2, 0.25) is 0 Å². The fourth-order valence-corrected chi connectivity index (χ4v) is 14.6. The molecule has 0 heterocycles. The van der Waals surface area contributed by atoms with E-state index >= 15 is 0 Å². The van der Waals surface area contributed by atoms with E-state index in [9.17, 15) is 17.3 Å². The Hall–Kier alpha value is -0.682. The van der Waals surface area contributed by atoms with E-state index in [0.717, 1.165) is 11.5 Å². The fourth-order valence-electron chi connectivity index (χ4n) is 7.26. The molecule has 3 fully saturated rings. The molecule has 12 heteroatoms. The molecule has 2 aromatic carbocycles. The number of aryl methyl sites for hydroxylation is 4. The van der Waals surface area contributed by atoms with Crippen LogP contribution in [0.4, 0.5) is 17.3 Å². The van der Waals surface area contributed by atoms with E-state index < -0.39 is 15.2 Å². The van der Waals surface area contributed by atoms with Gasteiger partial charge >= 0.3 is 43.8 Å². The van der Waals surface area contributed by atoms with Gasteiger partial charge < -0.3 is 26.7 Å². The summed E-state index contributed by atoms with van der Waals surface area (Å²) in [4.78, 5) is 0. The van der Waals surface area contributed by atoms with Crippen LogP contribution in [-0.4, -0.2) is 37.4 Å². The van der Waals surface area contributed by atoms with E-state index in [-0.39, 0.29) is 54.8 Å². The van der Waals surface area contributed by atoms with Crippen LogP contribution < -0.4 is 20.1 Å². The number of hydrogen-bond acceptors (Lipinski definition) is 3. The SMILES string of the molecule is CC#N.COc1c(C)cc(P(c2cc(C)c(OC)c(C)c2)[C@H](C)[C]2[CH][CH][CH][C]2P(C(C)(C)C)C(C)(C)C)cc1C.C[C]1[CH][CH][C](C)[CH]1.F[B-](F)(F)F.[CH]1[CH][CH][CH][CH]1.[Fe+2].[Ru+2]. The number of nitrogens with zero attached hydrogens (tertiary/aromatic N) is 1. The summed E-state index contributed by atoms with van der Waals surface area (Å²) in [6.45, 7) is 31.3. The van der Waals surface area contributed by atoms with Crippen LogP contribution in [0.2, 0.25) is 0 Å². The Morgan fingerprint density at radius 1 is 0.627 bits per heavy atom. The Balaban J connectivity index is 0. The summed E-state index contributed by atoms with van der Waals surface area (Å²) < 4.78 is 50.5. The first kappa shape index (κ1) is 60.4. The van der Waals surface area contributed by atoms with Crippen LogP contribution in [0.1, 0.15) is 91.5 Å². The molecule has 0 unspecified atom stereocenters. The molecule has 3 aliphatic rings. The van der Waals surface area contributed by atoms with Gasteiger partial charge in [-0.25, -0.2) is 0 Å². The van der Waals surface area contributed by atoms with E-state index in [2.05, 4.69) is 153 Å². The van der Waals surface area contributed by atoms with Crippen molar-refractivity contribution in [2.75, 3.05) is 14.2 Å². The third-order valence-electron chi connectivity index (χ3n) is 8.72. The molecule has 0 aromatic heterocycles. The number of methoxy groups -OCH3 is 2.